The standard InChI is InChI=1S/C27H23N7O2/c1-2-23-21(17-29-34(23)24-15-9-10-16-28-24)26(35)30-31-27(36)22-18-33(20-13-7-4-8-14-20)32-25(22)19-11-5-3-6-12-19/h3-18H,2H2,1H3,(H,30,35)(H,31,36). The van der Waals surface area contributed by atoms with Gasteiger partial charge in [0.1, 0.15) is 5.69 Å². The molecule has 0 saturated carbocycles. The second-order valence-electron chi connectivity index (χ2n) is 7.90. The van der Waals surface area contributed by atoms with Gasteiger partial charge in [-0.25, -0.2) is 14.3 Å². The molecular weight excluding hydrogens is 454 g/mol. The van der Waals surface area contributed by atoms with Crippen LogP contribution in [0.15, 0.2) is 97.5 Å². The SMILES string of the molecule is CCc1c(C(=O)NNC(=O)c2cn(-c3ccccc3)nc2-c2ccccc2)cnn1-c1ccccn1. The molecule has 9 nitrogen and oxygen atoms in total. The van der Waals surface area contributed by atoms with Crippen LogP contribution in [0.1, 0.15) is 33.3 Å². The van der Waals surface area contributed by atoms with Gasteiger partial charge in [-0.2, -0.15) is 10.2 Å². The predicted molar refractivity (Wildman–Crippen MR) is 135 cm³/mol. The molecule has 2 amide bonds. The van der Waals surface area contributed by atoms with Crippen LogP contribution in [-0.2, 0) is 6.42 Å². The number of nitrogens with zero attached hydrogens (tertiary/aromatic N) is 5. The summed E-state index contributed by atoms with van der Waals surface area (Å²) in [4.78, 5) is 30.5. The second kappa shape index (κ2) is 10.1. The van der Waals surface area contributed by atoms with Crippen LogP contribution in [0.3, 0.4) is 0 Å². The molecule has 0 atom stereocenters. The fourth-order valence-electron chi connectivity index (χ4n) is 3.89. The molecule has 0 aliphatic carbocycles. The van der Waals surface area contributed by atoms with Crippen molar-refractivity contribution in [3.8, 4) is 22.8 Å². The number of hydrazine groups is 1. The van der Waals surface area contributed by atoms with E-state index in [-0.39, 0.29) is 0 Å². The lowest BCUT2D eigenvalue weighted by molar-refractivity contribution is 0.0846. The lowest BCUT2D eigenvalue weighted by Gasteiger charge is -2.09. The molecule has 3 heterocycles. The van der Waals surface area contributed by atoms with Gasteiger partial charge in [-0.1, -0.05) is 61.5 Å². The highest BCUT2D eigenvalue weighted by Gasteiger charge is 2.21. The Hall–Kier alpha value is -5.05. The molecule has 5 aromatic rings. The maximum absolute atomic E-state index is 13.2. The van der Waals surface area contributed by atoms with Gasteiger partial charge in [0.25, 0.3) is 11.8 Å². The number of aromatic nitrogens is 5. The Kier molecular flexibility index (Phi) is 6.35. The average molecular weight is 478 g/mol. The summed E-state index contributed by atoms with van der Waals surface area (Å²) < 4.78 is 3.26. The summed E-state index contributed by atoms with van der Waals surface area (Å²) in [6.45, 7) is 1.93. The second-order valence-corrected chi connectivity index (χ2v) is 7.90. The third kappa shape index (κ3) is 4.49. The number of nitrogens with one attached hydrogen (secondary N) is 2. The Morgan fingerprint density at radius 1 is 0.833 bits per heavy atom. The lowest BCUT2D eigenvalue weighted by atomic mass is 10.1. The summed E-state index contributed by atoms with van der Waals surface area (Å²) in [7, 11) is 0. The molecule has 0 spiro atoms. The number of carbonyl (C=O) groups is 2. The molecule has 2 aromatic carbocycles. The quantitative estimate of drug-likeness (QED) is 0.362. The zero-order valence-electron chi connectivity index (χ0n) is 19.5. The summed E-state index contributed by atoms with van der Waals surface area (Å²) in [6, 6.07) is 24.4. The van der Waals surface area contributed by atoms with E-state index >= 15 is 0 Å². The van der Waals surface area contributed by atoms with E-state index in [1.807, 2.05) is 85.8 Å². The molecule has 178 valence electrons. The van der Waals surface area contributed by atoms with Crippen LogP contribution < -0.4 is 10.9 Å². The largest absolute Gasteiger partial charge is 0.273 e. The van der Waals surface area contributed by atoms with Gasteiger partial charge >= 0.3 is 0 Å². The topological polar surface area (TPSA) is 107 Å². The van der Waals surface area contributed by atoms with Crippen molar-refractivity contribution >= 4 is 11.8 Å². The molecule has 0 bridgehead atoms. The first-order valence-corrected chi connectivity index (χ1v) is 11.4. The molecule has 0 aliphatic heterocycles. The van der Waals surface area contributed by atoms with Gasteiger partial charge in [0.05, 0.1) is 28.7 Å². The van der Waals surface area contributed by atoms with Crippen LogP contribution in [0.5, 0.6) is 0 Å². The van der Waals surface area contributed by atoms with Crippen LogP contribution >= 0.6 is 0 Å². The van der Waals surface area contributed by atoms with Crippen molar-refractivity contribution in [2.75, 3.05) is 0 Å². The number of hydrogen-bond acceptors (Lipinski definition) is 5. The number of carbonyl (C=O) groups excluding carboxylic acids is 2. The van der Waals surface area contributed by atoms with Gasteiger partial charge in [-0.3, -0.25) is 20.4 Å². The Morgan fingerprint density at radius 3 is 2.17 bits per heavy atom. The molecule has 0 unspecified atom stereocenters. The van der Waals surface area contributed by atoms with Gasteiger partial charge in [0, 0.05) is 18.0 Å². The highest BCUT2D eigenvalue weighted by molar-refractivity contribution is 6.02. The van der Waals surface area contributed by atoms with Gasteiger partial charge in [0.2, 0.25) is 0 Å². The Morgan fingerprint density at radius 2 is 1.50 bits per heavy atom. The number of para-hydroxylation sites is 1. The molecule has 9 heteroatoms. The highest BCUT2D eigenvalue weighted by atomic mass is 16.2. The van der Waals surface area contributed by atoms with Crippen LogP contribution in [-0.4, -0.2) is 36.4 Å². The minimum Gasteiger partial charge on any atom is -0.267 e. The molecule has 0 aliphatic rings. The Bertz CT molecular complexity index is 1490. The molecule has 0 fully saturated rings. The van der Waals surface area contributed by atoms with E-state index < -0.39 is 11.8 Å². The summed E-state index contributed by atoms with van der Waals surface area (Å²) in [5.74, 6) is -0.350. The lowest BCUT2D eigenvalue weighted by Crippen LogP contribution is -2.42. The zero-order chi connectivity index (χ0) is 24.9. The summed E-state index contributed by atoms with van der Waals surface area (Å²) in [5.41, 5.74) is 8.50. The van der Waals surface area contributed by atoms with Crippen LogP contribution in [0.2, 0.25) is 0 Å². The Labute approximate surface area is 207 Å². The van der Waals surface area contributed by atoms with Gasteiger partial charge in [-0.05, 0) is 30.7 Å². The van der Waals surface area contributed by atoms with Gasteiger partial charge in [-0.15, -0.1) is 0 Å². The number of amides is 2. The first-order valence-electron chi connectivity index (χ1n) is 11.4. The smallest absolute Gasteiger partial charge is 0.267 e. The van der Waals surface area contributed by atoms with Crippen molar-refractivity contribution in [2.24, 2.45) is 0 Å². The van der Waals surface area contributed by atoms with E-state index in [1.165, 1.54) is 6.20 Å². The van der Waals surface area contributed by atoms with Crippen molar-refractivity contribution in [1.29, 1.82) is 0 Å². The van der Waals surface area contributed by atoms with E-state index in [0.717, 1.165) is 11.3 Å². The van der Waals surface area contributed by atoms with Crippen molar-refractivity contribution in [2.45, 2.75) is 13.3 Å². The number of rotatable bonds is 6. The van der Waals surface area contributed by atoms with Crippen molar-refractivity contribution in [3.05, 3.63) is 114 Å². The molecule has 36 heavy (non-hydrogen) atoms. The normalized spacial score (nSPS) is 10.7. The van der Waals surface area contributed by atoms with Crippen molar-refractivity contribution in [1.82, 2.24) is 35.4 Å². The van der Waals surface area contributed by atoms with E-state index in [2.05, 4.69) is 26.0 Å². The van der Waals surface area contributed by atoms with Crippen LogP contribution in [0.4, 0.5) is 0 Å². The molecule has 3 aromatic heterocycles. The fourth-order valence-corrected chi connectivity index (χ4v) is 3.89. The third-order valence-electron chi connectivity index (χ3n) is 5.63. The summed E-state index contributed by atoms with van der Waals surface area (Å²) in [6.07, 6.45) is 5.33. The van der Waals surface area contributed by atoms with Gasteiger partial charge < -0.3 is 0 Å². The van der Waals surface area contributed by atoms with E-state index in [0.29, 0.717) is 34.8 Å². The third-order valence-corrected chi connectivity index (χ3v) is 5.63. The van der Waals surface area contributed by atoms with Crippen LogP contribution in [0, 0.1) is 0 Å². The molecule has 0 radical (unpaired) electrons. The Balaban J connectivity index is 1.39. The molecule has 0 saturated heterocycles. The zero-order valence-corrected chi connectivity index (χ0v) is 19.5. The minimum absolute atomic E-state index is 0.324. The number of benzene rings is 2. The monoisotopic (exact) mass is 477 g/mol. The number of hydrogen-bond donors (Lipinski definition) is 2. The number of pyridine rings is 1. The fraction of sp³-hybridized carbons (Fsp3) is 0.0741. The average Bonchev–Trinajstić information content (AvgIpc) is 3.58. The minimum atomic E-state index is -0.487. The highest BCUT2D eigenvalue weighted by Crippen LogP contribution is 2.23. The summed E-state index contributed by atoms with van der Waals surface area (Å²) >= 11 is 0. The van der Waals surface area contributed by atoms with E-state index in [1.54, 1.807) is 21.8 Å². The summed E-state index contributed by atoms with van der Waals surface area (Å²) in [5, 5.41) is 8.97. The maximum atomic E-state index is 13.2. The molecule has 2 N–H and O–H groups in total. The first-order chi connectivity index (χ1) is 17.7. The first kappa shape index (κ1) is 22.7. The molecule has 5 rings (SSSR count). The van der Waals surface area contributed by atoms with Crippen molar-refractivity contribution in [3.63, 3.8) is 0 Å². The van der Waals surface area contributed by atoms with Crippen LogP contribution in [0.25, 0.3) is 22.8 Å². The maximum Gasteiger partial charge on any atom is 0.273 e. The molecular formula is C27H23N7O2. The van der Waals surface area contributed by atoms with E-state index in [9.17, 15) is 9.59 Å². The van der Waals surface area contributed by atoms with E-state index in [4.69, 9.17) is 0 Å². The van der Waals surface area contributed by atoms with Gasteiger partial charge in [0.15, 0.2) is 5.82 Å². The predicted octanol–water partition coefficient (Wildman–Crippen LogP) is 3.76. The van der Waals surface area contributed by atoms with Crippen molar-refractivity contribution < 1.29 is 9.59 Å².